The summed E-state index contributed by atoms with van der Waals surface area (Å²) >= 11 is 0. The standard InChI is InChI=1S/C40H46FN5O5/c1-25-11-10-15-30-34(29-14-8-9-16-31(29)41)43-36(38(49)46(35(25)30)24-33(47)45-22-27-17-18-28(23-45)20-19-27)44-37(48)32(21-26-12-6-5-7-13-26)42-39(50)51-40(2,3)4/h5-16,27-28,32,36H,17-24H2,1-4H3,(H,42,50)(H,44,48)/t27?,28?,32-,36?/m0/s1. The minimum atomic E-state index is -1.55. The van der Waals surface area contributed by atoms with Crippen LogP contribution in [-0.4, -0.2) is 71.9 Å². The van der Waals surface area contributed by atoms with Gasteiger partial charge in [0.25, 0.3) is 5.91 Å². The highest BCUT2D eigenvalue weighted by atomic mass is 19.1. The lowest BCUT2D eigenvalue weighted by molar-refractivity contribution is -0.132. The van der Waals surface area contributed by atoms with Crippen molar-refractivity contribution < 1.29 is 28.3 Å². The van der Waals surface area contributed by atoms with Crippen LogP contribution < -0.4 is 15.5 Å². The van der Waals surface area contributed by atoms with Gasteiger partial charge in [0.1, 0.15) is 24.0 Å². The lowest BCUT2D eigenvalue weighted by atomic mass is 9.84. The van der Waals surface area contributed by atoms with Crippen molar-refractivity contribution in [3.8, 4) is 0 Å². The molecule has 51 heavy (non-hydrogen) atoms. The number of nitrogens with one attached hydrogen (secondary N) is 2. The van der Waals surface area contributed by atoms with Crippen LogP contribution in [0.5, 0.6) is 0 Å². The molecule has 3 aromatic rings. The number of benzodiazepines with no additional fused rings is 1. The molecule has 1 aliphatic carbocycles. The fourth-order valence-electron chi connectivity index (χ4n) is 7.32. The van der Waals surface area contributed by atoms with Crippen molar-refractivity contribution >= 4 is 35.2 Å². The Morgan fingerprint density at radius 2 is 1.53 bits per heavy atom. The van der Waals surface area contributed by atoms with Crippen molar-refractivity contribution in [3.05, 3.63) is 101 Å². The first-order chi connectivity index (χ1) is 24.4. The van der Waals surface area contributed by atoms with E-state index in [1.165, 1.54) is 11.0 Å². The molecule has 3 heterocycles. The van der Waals surface area contributed by atoms with Crippen LogP contribution in [0.1, 0.15) is 68.7 Å². The van der Waals surface area contributed by atoms with E-state index in [-0.39, 0.29) is 30.1 Å². The first kappa shape index (κ1) is 35.8. The molecular formula is C40H46FN5O5. The molecule has 4 amide bonds. The van der Waals surface area contributed by atoms with E-state index < -0.39 is 41.5 Å². The summed E-state index contributed by atoms with van der Waals surface area (Å²) < 4.78 is 21.0. The molecule has 3 aromatic carbocycles. The molecule has 2 saturated heterocycles. The maximum atomic E-state index is 15.5. The zero-order valence-corrected chi connectivity index (χ0v) is 29.7. The number of carbonyl (C=O) groups is 4. The minimum Gasteiger partial charge on any atom is -0.444 e. The van der Waals surface area contributed by atoms with E-state index in [0.29, 0.717) is 41.7 Å². The number of benzene rings is 3. The van der Waals surface area contributed by atoms with Crippen molar-refractivity contribution in [2.24, 2.45) is 16.8 Å². The van der Waals surface area contributed by atoms with Crippen LogP contribution in [0.3, 0.4) is 0 Å². The van der Waals surface area contributed by atoms with Gasteiger partial charge in [0.15, 0.2) is 0 Å². The predicted octanol–water partition coefficient (Wildman–Crippen LogP) is 5.55. The number of aliphatic imine (C=N–C) groups is 1. The lowest BCUT2D eigenvalue weighted by Gasteiger charge is -2.30. The number of anilines is 1. The summed E-state index contributed by atoms with van der Waals surface area (Å²) in [5.74, 6) is -1.22. The Kier molecular flexibility index (Phi) is 10.5. The summed E-state index contributed by atoms with van der Waals surface area (Å²) in [5.41, 5.74) is 1.82. The van der Waals surface area contributed by atoms with E-state index >= 15 is 4.39 Å². The summed E-state index contributed by atoms with van der Waals surface area (Å²) in [7, 11) is 0. The van der Waals surface area contributed by atoms with Gasteiger partial charge < -0.3 is 20.3 Å². The molecule has 2 atom stereocenters. The summed E-state index contributed by atoms with van der Waals surface area (Å²) in [6.45, 7) is 8.00. The Hall–Kier alpha value is -5.06. The molecule has 7 rings (SSSR count). The van der Waals surface area contributed by atoms with Gasteiger partial charge in [0, 0.05) is 30.6 Å². The zero-order chi connectivity index (χ0) is 36.3. The SMILES string of the molecule is Cc1cccc2c1N(CC(=O)N1CC3CCC(CC3)C1)C(=O)C(NC(=O)[C@H](Cc1ccccc1)NC(=O)OC(C)(C)C)N=C2c1ccccc1F. The second kappa shape index (κ2) is 15.0. The number of fused-ring (bicyclic) bond motifs is 5. The van der Waals surface area contributed by atoms with E-state index in [0.717, 1.165) is 31.2 Å². The summed E-state index contributed by atoms with van der Waals surface area (Å²) in [4.78, 5) is 63.9. The lowest BCUT2D eigenvalue weighted by Crippen LogP contribution is -2.56. The first-order valence-corrected chi connectivity index (χ1v) is 17.7. The number of para-hydroxylation sites is 1. The van der Waals surface area contributed by atoms with E-state index in [1.54, 1.807) is 51.1 Å². The molecule has 10 nitrogen and oxygen atoms in total. The van der Waals surface area contributed by atoms with Crippen molar-refractivity contribution in [1.29, 1.82) is 0 Å². The number of nitrogens with zero attached hydrogens (tertiary/aromatic N) is 3. The molecule has 3 aliphatic heterocycles. The van der Waals surface area contributed by atoms with Crippen molar-refractivity contribution in [3.63, 3.8) is 0 Å². The molecule has 1 saturated carbocycles. The molecular weight excluding hydrogens is 649 g/mol. The van der Waals surface area contributed by atoms with E-state index in [2.05, 4.69) is 10.6 Å². The molecule has 2 bridgehead atoms. The predicted molar refractivity (Wildman–Crippen MR) is 193 cm³/mol. The number of halogens is 1. The highest BCUT2D eigenvalue weighted by Crippen LogP contribution is 2.35. The van der Waals surface area contributed by atoms with Crippen molar-refractivity contribution in [2.45, 2.75) is 77.6 Å². The number of alkyl carbamates (subject to hydrolysis) is 1. The molecule has 3 fully saturated rings. The van der Waals surface area contributed by atoms with Gasteiger partial charge in [-0.2, -0.15) is 0 Å². The molecule has 268 valence electrons. The summed E-state index contributed by atoms with van der Waals surface area (Å²) in [5, 5.41) is 5.41. The van der Waals surface area contributed by atoms with Gasteiger partial charge in [0.05, 0.1) is 11.4 Å². The topological polar surface area (TPSA) is 120 Å². The fraction of sp³-hybridized carbons (Fsp3) is 0.425. The van der Waals surface area contributed by atoms with E-state index in [1.807, 2.05) is 48.2 Å². The quantitative estimate of drug-likeness (QED) is 0.321. The smallest absolute Gasteiger partial charge is 0.408 e. The maximum absolute atomic E-state index is 15.5. The Balaban J connectivity index is 1.38. The third-order valence-electron chi connectivity index (χ3n) is 9.79. The Bertz CT molecular complexity index is 1800. The number of rotatable bonds is 8. The number of ether oxygens (including phenoxy) is 1. The van der Waals surface area contributed by atoms with Crippen LogP contribution in [0.25, 0.3) is 0 Å². The van der Waals surface area contributed by atoms with Gasteiger partial charge in [-0.15, -0.1) is 0 Å². The highest BCUT2D eigenvalue weighted by Gasteiger charge is 2.39. The van der Waals surface area contributed by atoms with Crippen LogP contribution in [0, 0.1) is 24.6 Å². The monoisotopic (exact) mass is 695 g/mol. The second-order valence-corrected chi connectivity index (χ2v) is 14.8. The van der Waals surface area contributed by atoms with Crippen molar-refractivity contribution in [1.82, 2.24) is 15.5 Å². The number of carbonyl (C=O) groups excluding carboxylic acids is 4. The summed E-state index contributed by atoms with van der Waals surface area (Å²) in [6.07, 6.45) is 2.11. The van der Waals surface area contributed by atoms with Gasteiger partial charge in [0.2, 0.25) is 18.0 Å². The summed E-state index contributed by atoms with van der Waals surface area (Å²) in [6, 6.07) is 19.5. The Morgan fingerprint density at radius 3 is 2.18 bits per heavy atom. The van der Waals surface area contributed by atoms with Crippen molar-refractivity contribution in [2.75, 3.05) is 24.5 Å². The van der Waals surface area contributed by atoms with Gasteiger partial charge >= 0.3 is 6.09 Å². The van der Waals surface area contributed by atoms with Crippen LogP contribution in [0.2, 0.25) is 0 Å². The number of hydrogen-bond acceptors (Lipinski definition) is 6. The first-order valence-electron chi connectivity index (χ1n) is 17.7. The highest BCUT2D eigenvalue weighted by molar-refractivity contribution is 6.21. The third kappa shape index (κ3) is 8.46. The average molecular weight is 696 g/mol. The zero-order valence-electron chi connectivity index (χ0n) is 29.7. The normalized spacial score (nSPS) is 20.8. The molecule has 2 N–H and O–H groups in total. The van der Waals surface area contributed by atoms with Gasteiger partial charge in [-0.05, 0) is 88.5 Å². The number of aryl methyl sites for hydroxylation is 1. The maximum Gasteiger partial charge on any atom is 0.408 e. The average Bonchev–Trinajstić information content (AvgIpc) is 3.47. The molecule has 11 heteroatoms. The molecule has 0 spiro atoms. The van der Waals surface area contributed by atoms with E-state index in [4.69, 9.17) is 9.73 Å². The fourth-order valence-corrected chi connectivity index (χ4v) is 7.32. The second-order valence-electron chi connectivity index (χ2n) is 14.8. The number of hydrogen-bond donors (Lipinski definition) is 2. The number of amides is 4. The molecule has 4 aliphatic rings. The van der Waals surface area contributed by atoms with Crippen LogP contribution in [0.4, 0.5) is 14.9 Å². The largest absolute Gasteiger partial charge is 0.444 e. The van der Waals surface area contributed by atoms with Crippen LogP contribution in [0.15, 0.2) is 77.8 Å². The minimum absolute atomic E-state index is 0.0928. The van der Waals surface area contributed by atoms with Gasteiger partial charge in [-0.1, -0.05) is 60.7 Å². The third-order valence-corrected chi connectivity index (χ3v) is 9.79. The van der Waals surface area contributed by atoms with Gasteiger partial charge in [-0.3, -0.25) is 19.3 Å². The molecule has 1 unspecified atom stereocenters. The Labute approximate surface area is 298 Å². The molecule has 0 radical (unpaired) electrons. The van der Waals surface area contributed by atoms with Crippen LogP contribution >= 0.6 is 0 Å². The Morgan fingerprint density at radius 1 is 0.902 bits per heavy atom. The van der Waals surface area contributed by atoms with Gasteiger partial charge in [-0.25, -0.2) is 14.2 Å². The van der Waals surface area contributed by atoms with E-state index in [9.17, 15) is 19.2 Å². The van der Waals surface area contributed by atoms with Crippen LogP contribution in [-0.2, 0) is 25.5 Å². The molecule has 0 aromatic heterocycles.